The van der Waals surface area contributed by atoms with Crippen LogP contribution in [0.1, 0.15) is 109 Å². The SMILES string of the molecule is Cc1ncnc2c1ccn2[C@@H]1C[C@@]2(CN[C@@H](c3ccc4cc(Br)c(Cl)nc4c3)C2)[C@@H](O)[C@H]1O.Cc1ncnc2c1ccn2[C@@H]1C[C@@]2(CO[C@@H](c3ccc4cc(Br)c(N)nc4c3)C2)[C@@H](O)[C@H]1O.Cc1ncnc2c1ccn2[C@@H]1C[C@@]2(CO[C@H](c3ccc4cc(Br)c(N)nc4c3)C2)[C@@H](O)[C@H]1O. The Morgan fingerprint density at radius 2 is 0.838 bits per heavy atom. The summed E-state index contributed by atoms with van der Waals surface area (Å²) in [7, 11) is 0. The van der Waals surface area contributed by atoms with Crippen LogP contribution in [-0.2, 0) is 9.47 Å². The molecule has 0 radical (unpaired) electrons. The summed E-state index contributed by atoms with van der Waals surface area (Å²) in [5, 5.41) is 76.5. The fourth-order valence-corrected chi connectivity index (χ4v) is 18.0. The molecule has 11 N–H and O–H groups in total. The largest absolute Gasteiger partial charge is 0.390 e. The maximum absolute atomic E-state index is 11.2. The van der Waals surface area contributed by atoms with Crippen molar-refractivity contribution >= 4 is 137 Å². The van der Waals surface area contributed by atoms with Gasteiger partial charge in [0.25, 0.3) is 0 Å². The van der Waals surface area contributed by atoms with Crippen LogP contribution in [0.5, 0.6) is 0 Å². The molecule has 3 saturated carbocycles. The number of hydrogen-bond donors (Lipinski definition) is 9. The van der Waals surface area contributed by atoms with Crippen LogP contribution in [-0.4, -0.2) is 146 Å². The van der Waals surface area contributed by atoms with Crippen molar-refractivity contribution in [1.29, 1.82) is 0 Å². The molecule has 0 unspecified atom stereocenters. The van der Waals surface area contributed by atoms with Crippen molar-refractivity contribution in [3.63, 3.8) is 0 Å². The molecule has 12 aromatic rings. The zero-order chi connectivity index (χ0) is 68.7. The molecule has 6 fully saturated rings. The number of aliphatic hydroxyl groups is 6. The minimum absolute atomic E-state index is 0.0604. The third-order valence-corrected chi connectivity index (χ3v) is 24.7. The average Bonchev–Trinajstić information content (AvgIpc) is 1.69. The summed E-state index contributed by atoms with van der Waals surface area (Å²) in [5.74, 6) is 0.886. The molecule has 0 amide bonds. The molecule has 0 bridgehead atoms. The highest BCUT2D eigenvalue weighted by molar-refractivity contribution is 9.11. The quantitative estimate of drug-likeness (QED) is 0.0698. The van der Waals surface area contributed by atoms with Crippen LogP contribution in [0.2, 0.25) is 5.15 Å². The Hall–Kier alpha value is -7.28. The number of nitrogen functional groups attached to an aromatic ring is 2. The lowest BCUT2D eigenvalue weighted by molar-refractivity contribution is -0.0309. The number of nitrogens with one attached hydrogen (secondary N) is 1. The van der Waals surface area contributed by atoms with E-state index in [9.17, 15) is 30.6 Å². The number of rotatable bonds is 6. The van der Waals surface area contributed by atoms with Crippen LogP contribution < -0.4 is 16.8 Å². The number of aromatic nitrogens is 12. The van der Waals surface area contributed by atoms with Crippen LogP contribution in [0.25, 0.3) is 65.8 Å². The van der Waals surface area contributed by atoms with Gasteiger partial charge in [-0.25, -0.2) is 44.9 Å². The maximum Gasteiger partial charge on any atom is 0.143 e. The first-order valence-electron chi connectivity index (χ1n) is 33.0. The van der Waals surface area contributed by atoms with Crippen LogP contribution >= 0.6 is 59.4 Å². The third kappa shape index (κ3) is 11.4. The summed E-state index contributed by atoms with van der Waals surface area (Å²) in [6, 6.07) is 29.3. The number of nitrogens with zero attached hydrogens (tertiary/aromatic N) is 12. The van der Waals surface area contributed by atoms with Gasteiger partial charge in [-0.1, -0.05) is 48.0 Å². The molecule has 99 heavy (non-hydrogen) atoms. The molecule has 9 aromatic heterocycles. The van der Waals surface area contributed by atoms with Gasteiger partial charge in [0.1, 0.15) is 71.0 Å². The second-order valence-electron chi connectivity index (χ2n) is 27.9. The van der Waals surface area contributed by atoms with Gasteiger partial charge in [0, 0.05) is 79.7 Å². The van der Waals surface area contributed by atoms with E-state index in [1.165, 1.54) is 12.7 Å². The highest BCUT2D eigenvalue weighted by Gasteiger charge is 2.60. The van der Waals surface area contributed by atoms with E-state index >= 15 is 0 Å². The fraction of sp³-hybridized carbons (Fsp3) is 0.375. The lowest BCUT2D eigenvalue weighted by atomic mass is 9.80. The highest BCUT2D eigenvalue weighted by Crippen LogP contribution is 2.58. The smallest absolute Gasteiger partial charge is 0.143 e. The van der Waals surface area contributed by atoms with Crippen molar-refractivity contribution in [2.24, 2.45) is 16.2 Å². The number of benzene rings is 3. The van der Waals surface area contributed by atoms with Crippen molar-refractivity contribution in [1.82, 2.24) is 63.9 Å². The van der Waals surface area contributed by atoms with Crippen molar-refractivity contribution < 1.29 is 40.1 Å². The molecule has 510 valence electrons. The number of ether oxygens (including phenoxy) is 2. The van der Waals surface area contributed by atoms with Gasteiger partial charge in [-0.15, -0.1) is 0 Å². The van der Waals surface area contributed by atoms with E-state index in [0.29, 0.717) is 68.7 Å². The zero-order valence-electron chi connectivity index (χ0n) is 53.9. The Balaban J connectivity index is 0.000000116. The summed E-state index contributed by atoms with van der Waals surface area (Å²) in [6.07, 6.45) is 8.58. The van der Waals surface area contributed by atoms with Crippen molar-refractivity contribution in [3.8, 4) is 0 Å². The van der Waals surface area contributed by atoms with Crippen LogP contribution in [0.4, 0.5) is 11.6 Å². The summed E-state index contributed by atoms with van der Waals surface area (Å²) in [5.41, 5.74) is 21.0. The number of fused-ring (bicyclic) bond motifs is 6. The summed E-state index contributed by atoms with van der Waals surface area (Å²) in [6.45, 7) is 7.23. The van der Waals surface area contributed by atoms with E-state index in [2.05, 4.69) is 110 Å². The van der Waals surface area contributed by atoms with Gasteiger partial charge < -0.3 is 70.6 Å². The van der Waals surface area contributed by atoms with Gasteiger partial charge >= 0.3 is 0 Å². The number of aliphatic hydroxyl groups excluding tert-OH is 6. The van der Waals surface area contributed by atoms with Crippen molar-refractivity contribution in [3.05, 3.63) is 181 Å². The molecule has 3 aliphatic carbocycles. The van der Waals surface area contributed by atoms with E-state index in [1.54, 1.807) is 6.33 Å². The lowest BCUT2D eigenvalue weighted by Crippen LogP contribution is -2.38. The molecular weight excluding hydrogens is 1480 g/mol. The first kappa shape index (κ1) is 66.3. The van der Waals surface area contributed by atoms with Gasteiger partial charge in [0.05, 0.1) is 109 Å². The first-order valence-corrected chi connectivity index (χ1v) is 35.7. The Kier molecular flexibility index (Phi) is 17.0. The van der Waals surface area contributed by atoms with Gasteiger partial charge in [-0.3, -0.25) is 0 Å². The minimum Gasteiger partial charge on any atom is -0.390 e. The Morgan fingerprint density at radius 3 is 1.27 bits per heavy atom. The Labute approximate surface area is 597 Å². The van der Waals surface area contributed by atoms with E-state index in [0.717, 1.165) is 119 Å². The minimum atomic E-state index is -0.909. The highest BCUT2D eigenvalue weighted by atomic mass is 79.9. The number of halogens is 4. The van der Waals surface area contributed by atoms with Crippen molar-refractivity contribution in [2.45, 2.75) is 132 Å². The lowest BCUT2D eigenvalue weighted by Gasteiger charge is -2.27. The summed E-state index contributed by atoms with van der Waals surface area (Å²) < 4.78 is 20.6. The summed E-state index contributed by atoms with van der Waals surface area (Å²) >= 11 is 16.5. The molecule has 3 saturated heterocycles. The van der Waals surface area contributed by atoms with Gasteiger partial charge in [-0.05, 0) is 178 Å². The molecule has 3 spiro atoms. The van der Waals surface area contributed by atoms with Crippen LogP contribution in [0, 0.1) is 37.0 Å². The fourth-order valence-electron chi connectivity index (χ4n) is 16.8. The van der Waals surface area contributed by atoms with Gasteiger partial charge in [-0.2, -0.15) is 0 Å². The van der Waals surface area contributed by atoms with Crippen LogP contribution in [0.3, 0.4) is 0 Å². The molecule has 3 aliphatic heterocycles. The normalized spacial score (nSPS) is 29.6. The van der Waals surface area contributed by atoms with Crippen molar-refractivity contribution in [2.75, 3.05) is 31.2 Å². The van der Waals surface area contributed by atoms with Gasteiger partial charge in [0.2, 0.25) is 0 Å². The second kappa shape index (κ2) is 25.4. The number of pyridine rings is 3. The number of aryl methyl sites for hydroxylation is 3. The van der Waals surface area contributed by atoms with E-state index < -0.39 is 52.9 Å². The van der Waals surface area contributed by atoms with Gasteiger partial charge in [0.15, 0.2) is 0 Å². The number of nitrogens with two attached hydrogens (primary N) is 2. The number of anilines is 2. The first-order chi connectivity index (χ1) is 47.6. The van der Waals surface area contributed by atoms with E-state index in [1.807, 2.05) is 132 Å². The number of hydrogen-bond acceptors (Lipinski definition) is 20. The topological polar surface area (TPSA) is 335 Å². The van der Waals surface area contributed by atoms with E-state index in [4.69, 9.17) is 32.5 Å². The monoisotopic (exact) mass is 1550 g/mol. The zero-order valence-corrected chi connectivity index (χ0v) is 59.5. The predicted octanol–water partition coefficient (Wildman–Crippen LogP) is 11.0. The Bertz CT molecular complexity index is 4680. The molecule has 23 nitrogen and oxygen atoms in total. The standard InChI is InChI=1S/C24H23BrClN5O2.2C24H24BrN5O3/c1-12-15-4-5-31(23(15)29-11-28-12)19-9-24(21(33)20(19)32)8-18(27-10-24)14-3-2-13-6-16(25)22(26)30-17(13)7-14;2*1-12-15-4-5-30(23(15)28-11-27-12)18-8-24(21(32)20(18)31)9-19(33-10-24)14-3-2-13-6-16(25)22(26)29-17(13)7-14/h2-7,11,18-21,27,32-33H,8-10H2,1H3;2*2-7,11,18-21,31-32H,8-10H2,1H3,(H2,26,29)/t18-,19-,20+,21+,24+;18-,19+,20+,21+,24-;18-,19-,20+,21+,24-/m111/s1. The molecule has 3 aromatic carbocycles. The molecule has 27 heteroatoms. The molecular formula is C72H71Br3ClN15O8. The Morgan fingerprint density at radius 1 is 0.465 bits per heavy atom. The maximum atomic E-state index is 11.2. The average molecular weight is 1550 g/mol. The third-order valence-electron chi connectivity index (χ3n) is 22.3. The van der Waals surface area contributed by atoms with Crippen LogP contribution in [0.15, 0.2) is 142 Å². The molecule has 18 rings (SSSR count). The molecule has 12 heterocycles. The molecule has 15 atom stereocenters. The summed E-state index contributed by atoms with van der Waals surface area (Å²) in [4.78, 5) is 39.5. The molecule has 6 aliphatic rings. The second-order valence-corrected chi connectivity index (χ2v) is 30.9. The predicted molar refractivity (Wildman–Crippen MR) is 385 cm³/mol. The van der Waals surface area contributed by atoms with E-state index in [-0.39, 0.29) is 36.4 Å².